The van der Waals surface area contributed by atoms with Gasteiger partial charge in [-0.15, -0.1) is 0 Å². The lowest BCUT2D eigenvalue weighted by atomic mass is 9.89. The molecule has 0 bridgehead atoms. The smallest absolute Gasteiger partial charge is 0.410 e. The standard InChI is InChI=1S/C11H21NO6/c1-10(2,3)18-9(16)12-4-7(14)8(15)11(17,5-12)6-13/h7-8,13-15,17H,4-6H2,1-3H3/t7-,8+,11+/m1/s1. The molecule has 18 heavy (non-hydrogen) atoms. The van der Waals surface area contributed by atoms with E-state index in [1.165, 1.54) is 0 Å². The SMILES string of the molecule is CC(C)(C)OC(=O)N1C[C@@H](O)[C@H](O)[C@@](O)(CO)C1. The second-order valence-corrected chi connectivity index (χ2v) is 5.63. The fourth-order valence-electron chi connectivity index (χ4n) is 1.78. The van der Waals surface area contributed by atoms with E-state index in [9.17, 15) is 20.1 Å². The van der Waals surface area contributed by atoms with Gasteiger partial charge in [0.2, 0.25) is 0 Å². The molecule has 0 spiro atoms. The summed E-state index contributed by atoms with van der Waals surface area (Å²) < 4.78 is 5.10. The largest absolute Gasteiger partial charge is 0.444 e. The van der Waals surface area contributed by atoms with Crippen molar-refractivity contribution in [3.05, 3.63) is 0 Å². The van der Waals surface area contributed by atoms with E-state index in [2.05, 4.69) is 0 Å². The van der Waals surface area contributed by atoms with Gasteiger partial charge in [-0.2, -0.15) is 0 Å². The Morgan fingerprint density at radius 1 is 1.44 bits per heavy atom. The van der Waals surface area contributed by atoms with Crippen molar-refractivity contribution < 1.29 is 30.0 Å². The van der Waals surface area contributed by atoms with Gasteiger partial charge in [-0.3, -0.25) is 0 Å². The number of β-amino-alcohol motifs (C(OH)–C–C–N with tert-alkyl or cyclic N) is 2. The number of hydrogen-bond acceptors (Lipinski definition) is 6. The molecule has 1 rings (SSSR count). The third-order valence-electron chi connectivity index (χ3n) is 2.71. The van der Waals surface area contributed by atoms with Gasteiger partial charge in [0.05, 0.1) is 19.7 Å². The summed E-state index contributed by atoms with van der Waals surface area (Å²) in [5.74, 6) is 0. The lowest BCUT2D eigenvalue weighted by molar-refractivity contribution is -0.182. The molecule has 0 saturated carbocycles. The zero-order valence-corrected chi connectivity index (χ0v) is 10.8. The summed E-state index contributed by atoms with van der Waals surface area (Å²) in [6, 6.07) is 0. The molecule has 3 atom stereocenters. The number of piperidine rings is 1. The number of amides is 1. The normalized spacial score (nSPS) is 33.4. The maximum atomic E-state index is 11.8. The van der Waals surface area contributed by atoms with Gasteiger partial charge in [0.1, 0.15) is 23.4 Å². The van der Waals surface area contributed by atoms with Crippen molar-refractivity contribution in [2.24, 2.45) is 0 Å². The first-order valence-corrected chi connectivity index (χ1v) is 5.76. The molecule has 7 heteroatoms. The molecule has 0 unspecified atom stereocenters. The van der Waals surface area contributed by atoms with Gasteiger partial charge in [0.15, 0.2) is 0 Å². The molecule has 1 aliphatic rings. The van der Waals surface area contributed by atoms with Crippen LogP contribution < -0.4 is 0 Å². The number of nitrogens with zero attached hydrogens (tertiary/aromatic N) is 1. The summed E-state index contributed by atoms with van der Waals surface area (Å²) in [7, 11) is 0. The Morgan fingerprint density at radius 2 is 2.00 bits per heavy atom. The summed E-state index contributed by atoms with van der Waals surface area (Å²) in [6.45, 7) is 3.87. The Balaban J connectivity index is 2.77. The highest BCUT2D eigenvalue weighted by Crippen LogP contribution is 2.23. The van der Waals surface area contributed by atoms with Crippen LogP contribution in [0.3, 0.4) is 0 Å². The number of likely N-dealkylation sites (tertiary alicyclic amines) is 1. The first-order chi connectivity index (χ1) is 8.09. The van der Waals surface area contributed by atoms with E-state index >= 15 is 0 Å². The van der Waals surface area contributed by atoms with E-state index in [1.54, 1.807) is 20.8 Å². The van der Waals surface area contributed by atoms with E-state index in [-0.39, 0.29) is 13.1 Å². The fraction of sp³-hybridized carbons (Fsp3) is 0.909. The molecule has 0 aromatic heterocycles. The summed E-state index contributed by atoms with van der Waals surface area (Å²) in [5, 5.41) is 38.2. The van der Waals surface area contributed by atoms with E-state index in [4.69, 9.17) is 9.84 Å². The zero-order valence-electron chi connectivity index (χ0n) is 10.8. The summed E-state index contributed by atoms with van der Waals surface area (Å²) >= 11 is 0. The average molecular weight is 263 g/mol. The van der Waals surface area contributed by atoms with Crippen LogP contribution in [-0.2, 0) is 4.74 Å². The Bertz CT molecular complexity index is 315. The van der Waals surface area contributed by atoms with Crippen molar-refractivity contribution in [2.75, 3.05) is 19.7 Å². The minimum atomic E-state index is -1.94. The highest BCUT2D eigenvalue weighted by atomic mass is 16.6. The number of hydrogen-bond donors (Lipinski definition) is 4. The minimum absolute atomic E-state index is 0.154. The summed E-state index contributed by atoms with van der Waals surface area (Å²) in [6.07, 6.45) is -3.54. The van der Waals surface area contributed by atoms with Gasteiger partial charge >= 0.3 is 6.09 Å². The van der Waals surface area contributed by atoms with Gasteiger partial charge in [0, 0.05) is 0 Å². The van der Waals surface area contributed by atoms with Crippen LogP contribution in [0.25, 0.3) is 0 Å². The van der Waals surface area contributed by atoms with Crippen LogP contribution in [0.1, 0.15) is 20.8 Å². The molecule has 1 amide bonds. The van der Waals surface area contributed by atoms with Crippen molar-refractivity contribution in [3.8, 4) is 0 Å². The number of carbonyl (C=O) groups is 1. The van der Waals surface area contributed by atoms with Crippen LogP contribution in [0.4, 0.5) is 4.79 Å². The Hall–Kier alpha value is -0.890. The number of ether oxygens (including phenoxy) is 1. The minimum Gasteiger partial charge on any atom is -0.444 e. The predicted molar refractivity (Wildman–Crippen MR) is 61.9 cm³/mol. The summed E-state index contributed by atoms with van der Waals surface area (Å²) in [4.78, 5) is 12.9. The average Bonchev–Trinajstić information content (AvgIpc) is 2.23. The number of carbonyl (C=O) groups excluding carboxylic acids is 1. The quantitative estimate of drug-likeness (QED) is 0.467. The molecule has 1 aliphatic heterocycles. The second kappa shape index (κ2) is 5.00. The first kappa shape index (κ1) is 15.2. The van der Waals surface area contributed by atoms with Crippen molar-refractivity contribution >= 4 is 6.09 Å². The number of rotatable bonds is 1. The Kier molecular flexibility index (Phi) is 4.22. The molecule has 4 N–H and O–H groups in total. The predicted octanol–water partition coefficient (Wildman–Crippen LogP) is -1.32. The van der Waals surface area contributed by atoms with E-state index in [0.717, 1.165) is 4.90 Å². The monoisotopic (exact) mass is 263 g/mol. The van der Waals surface area contributed by atoms with E-state index < -0.39 is 36.1 Å². The first-order valence-electron chi connectivity index (χ1n) is 5.76. The molecular weight excluding hydrogens is 242 g/mol. The van der Waals surface area contributed by atoms with Gasteiger partial charge < -0.3 is 30.1 Å². The highest BCUT2D eigenvalue weighted by molar-refractivity contribution is 5.68. The molecule has 0 aromatic rings. The molecule has 1 saturated heterocycles. The Morgan fingerprint density at radius 3 is 2.44 bits per heavy atom. The zero-order chi connectivity index (χ0) is 14.1. The van der Waals surface area contributed by atoms with Crippen LogP contribution >= 0.6 is 0 Å². The van der Waals surface area contributed by atoms with Gasteiger partial charge in [-0.25, -0.2) is 4.79 Å². The molecule has 1 heterocycles. The molecular formula is C11H21NO6. The van der Waals surface area contributed by atoms with Crippen LogP contribution in [0.15, 0.2) is 0 Å². The van der Waals surface area contributed by atoms with Crippen LogP contribution in [0.2, 0.25) is 0 Å². The lowest BCUT2D eigenvalue weighted by Crippen LogP contribution is -2.66. The van der Waals surface area contributed by atoms with Crippen molar-refractivity contribution in [3.63, 3.8) is 0 Å². The molecule has 1 fully saturated rings. The van der Waals surface area contributed by atoms with Crippen LogP contribution in [0.5, 0.6) is 0 Å². The second-order valence-electron chi connectivity index (χ2n) is 5.63. The third-order valence-corrected chi connectivity index (χ3v) is 2.71. The molecule has 7 nitrogen and oxygen atoms in total. The summed E-state index contributed by atoms with van der Waals surface area (Å²) in [5.41, 5.74) is -2.63. The number of aliphatic hydroxyl groups is 4. The van der Waals surface area contributed by atoms with Crippen LogP contribution in [0, 0.1) is 0 Å². The molecule has 0 aliphatic carbocycles. The van der Waals surface area contributed by atoms with Crippen molar-refractivity contribution in [1.29, 1.82) is 0 Å². The van der Waals surface area contributed by atoms with Gasteiger partial charge in [-0.05, 0) is 20.8 Å². The Labute approximate surface area is 106 Å². The third kappa shape index (κ3) is 3.32. The highest BCUT2D eigenvalue weighted by Gasteiger charge is 2.47. The van der Waals surface area contributed by atoms with E-state index in [0.29, 0.717) is 0 Å². The maximum absolute atomic E-state index is 11.8. The van der Waals surface area contributed by atoms with Gasteiger partial charge in [-0.1, -0.05) is 0 Å². The van der Waals surface area contributed by atoms with Crippen molar-refractivity contribution in [1.82, 2.24) is 4.90 Å². The fourth-order valence-corrected chi connectivity index (χ4v) is 1.78. The molecule has 0 aromatic carbocycles. The lowest BCUT2D eigenvalue weighted by Gasteiger charge is -2.44. The van der Waals surface area contributed by atoms with Crippen LogP contribution in [-0.4, -0.2) is 74.5 Å². The van der Waals surface area contributed by atoms with Crippen molar-refractivity contribution in [2.45, 2.75) is 44.2 Å². The molecule has 106 valence electrons. The topological polar surface area (TPSA) is 110 Å². The number of aliphatic hydroxyl groups excluding tert-OH is 3. The molecule has 0 radical (unpaired) electrons. The van der Waals surface area contributed by atoms with Gasteiger partial charge in [0.25, 0.3) is 0 Å². The maximum Gasteiger partial charge on any atom is 0.410 e. The van der Waals surface area contributed by atoms with E-state index in [1.807, 2.05) is 0 Å².